The molecule has 0 heterocycles. The molecule has 1 atom stereocenters. The Hall–Kier alpha value is -1.88. The molecule has 0 aliphatic carbocycles. The smallest absolute Gasteiger partial charge is 0.162 e. The average molecular weight is 283 g/mol. The second-order valence-corrected chi connectivity index (χ2v) is 4.97. The number of rotatable bonds is 3. The number of nitrogens with two attached hydrogens (primary N) is 1. The minimum absolute atomic E-state index is 0.0552. The first-order valence-corrected chi connectivity index (χ1v) is 5.98. The zero-order valence-electron chi connectivity index (χ0n) is 10.8. The van der Waals surface area contributed by atoms with Crippen LogP contribution in [0.15, 0.2) is 36.4 Å². The van der Waals surface area contributed by atoms with Crippen LogP contribution in [0.2, 0.25) is 0 Å². The average Bonchev–Trinajstić information content (AvgIpc) is 2.33. The molecule has 0 bridgehead atoms. The van der Waals surface area contributed by atoms with Gasteiger partial charge in [-0.2, -0.15) is 0 Å². The molecule has 20 heavy (non-hydrogen) atoms. The van der Waals surface area contributed by atoms with Gasteiger partial charge in [0.25, 0.3) is 0 Å². The SMILES string of the molecule is CC(N)(Cc1cccc(F)c1F)c1cc(F)cc(F)c1. The van der Waals surface area contributed by atoms with Crippen LogP contribution in [-0.4, -0.2) is 0 Å². The van der Waals surface area contributed by atoms with Crippen molar-refractivity contribution in [3.05, 3.63) is 70.8 Å². The molecular weight excluding hydrogens is 270 g/mol. The first kappa shape index (κ1) is 14.5. The first-order chi connectivity index (χ1) is 9.29. The van der Waals surface area contributed by atoms with E-state index in [1.807, 2.05) is 0 Å². The first-order valence-electron chi connectivity index (χ1n) is 5.98. The molecule has 0 aliphatic rings. The molecule has 2 aromatic carbocycles. The molecule has 0 amide bonds. The lowest BCUT2D eigenvalue weighted by molar-refractivity contribution is 0.448. The minimum Gasteiger partial charge on any atom is -0.321 e. The van der Waals surface area contributed by atoms with E-state index < -0.39 is 28.8 Å². The number of benzene rings is 2. The molecule has 0 saturated carbocycles. The summed E-state index contributed by atoms with van der Waals surface area (Å²) < 4.78 is 53.2. The van der Waals surface area contributed by atoms with Crippen molar-refractivity contribution in [1.82, 2.24) is 0 Å². The van der Waals surface area contributed by atoms with Crippen molar-refractivity contribution in [2.24, 2.45) is 5.73 Å². The molecule has 1 nitrogen and oxygen atoms in total. The highest BCUT2D eigenvalue weighted by atomic mass is 19.2. The van der Waals surface area contributed by atoms with Crippen LogP contribution in [0.5, 0.6) is 0 Å². The predicted octanol–water partition coefficient (Wildman–Crippen LogP) is 3.66. The summed E-state index contributed by atoms with van der Waals surface area (Å²) in [6.07, 6.45) is -0.0838. The van der Waals surface area contributed by atoms with Gasteiger partial charge in [0.15, 0.2) is 11.6 Å². The fourth-order valence-electron chi connectivity index (χ4n) is 2.07. The Labute approximate surface area is 114 Å². The molecule has 0 radical (unpaired) electrons. The van der Waals surface area contributed by atoms with Gasteiger partial charge in [0.2, 0.25) is 0 Å². The van der Waals surface area contributed by atoms with Crippen LogP contribution in [0.1, 0.15) is 18.1 Å². The Balaban J connectivity index is 2.37. The van der Waals surface area contributed by atoms with Crippen molar-refractivity contribution >= 4 is 0 Å². The van der Waals surface area contributed by atoms with E-state index in [1.165, 1.54) is 19.1 Å². The zero-order valence-corrected chi connectivity index (χ0v) is 10.8. The second-order valence-electron chi connectivity index (χ2n) is 4.97. The van der Waals surface area contributed by atoms with Crippen molar-refractivity contribution in [3.63, 3.8) is 0 Å². The van der Waals surface area contributed by atoms with Crippen LogP contribution in [0.4, 0.5) is 17.6 Å². The standard InChI is InChI=1S/C15H13F4N/c1-15(20,10-5-11(16)7-12(17)6-10)8-9-3-2-4-13(18)14(9)19/h2-7H,8,20H2,1H3. The molecular formula is C15H13F4N. The van der Waals surface area contributed by atoms with Crippen LogP contribution < -0.4 is 5.73 Å². The van der Waals surface area contributed by atoms with E-state index in [-0.39, 0.29) is 17.5 Å². The monoisotopic (exact) mass is 283 g/mol. The Morgan fingerprint density at radius 3 is 2.20 bits per heavy atom. The van der Waals surface area contributed by atoms with Gasteiger partial charge in [-0.1, -0.05) is 12.1 Å². The van der Waals surface area contributed by atoms with Crippen LogP contribution in [0, 0.1) is 23.3 Å². The lowest BCUT2D eigenvalue weighted by Gasteiger charge is -2.26. The topological polar surface area (TPSA) is 26.0 Å². The van der Waals surface area contributed by atoms with Gasteiger partial charge in [0.05, 0.1) is 0 Å². The van der Waals surface area contributed by atoms with Gasteiger partial charge >= 0.3 is 0 Å². The molecule has 0 aliphatic heterocycles. The van der Waals surface area contributed by atoms with Crippen LogP contribution in [0.25, 0.3) is 0 Å². The molecule has 2 N–H and O–H groups in total. The molecule has 5 heteroatoms. The van der Waals surface area contributed by atoms with Gasteiger partial charge in [-0.3, -0.25) is 0 Å². The summed E-state index contributed by atoms with van der Waals surface area (Å²) in [7, 11) is 0. The normalized spacial score (nSPS) is 14.1. The molecule has 0 fully saturated rings. The Morgan fingerprint density at radius 1 is 1.00 bits per heavy atom. The maximum absolute atomic E-state index is 13.6. The van der Waals surface area contributed by atoms with Crippen molar-refractivity contribution in [3.8, 4) is 0 Å². The molecule has 0 spiro atoms. The fourth-order valence-corrected chi connectivity index (χ4v) is 2.07. The molecule has 106 valence electrons. The number of hydrogen-bond donors (Lipinski definition) is 1. The number of hydrogen-bond acceptors (Lipinski definition) is 1. The molecule has 2 aromatic rings. The van der Waals surface area contributed by atoms with Gasteiger partial charge < -0.3 is 5.73 Å². The molecule has 0 aromatic heterocycles. The fraction of sp³-hybridized carbons (Fsp3) is 0.200. The van der Waals surface area contributed by atoms with Crippen molar-refractivity contribution < 1.29 is 17.6 Å². The van der Waals surface area contributed by atoms with Crippen molar-refractivity contribution in [1.29, 1.82) is 0 Å². The summed E-state index contributed by atoms with van der Waals surface area (Å²) in [5.74, 6) is -3.52. The molecule has 0 saturated heterocycles. The lowest BCUT2D eigenvalue weighted by atomic mass is 9.86. The summed E-state index contributed by atoms with van der Waals surface area (Å²) >= 11 is 0. The highest BCUT2D eigenvalue weighted by Gasteiger charge is 2.25. The highest BCUT2D eigenvalue weighted by molar-refractivity contribution is 5.29. The second kappa shape index (κ2) is 5.25. The minimum atomic E-state index is -1.22. The number of halogens is 4. The highest BCUT2D eigenvalue weighted by Crippen LogP contribution is 2.26. The van der Waals surface area contributed by atoms with Gasteiger partial charge in [0.1, 0.15) is 11.6 Å². The van der Waals surface area contributed by atoms with Gasteiger partial charge in [-0.05, 0) is 42.7 Å². The molecule has 1 unspecified atom stereocenters. The maximum atomic E-state index is 13.6. The quantitative estimate of drug-likeness (QED) is 0.855. The van der Waals surface area contributed by atoms with Gasteiger partial charge in [-0.25, -0.2) is 17.6 Å². The van der Waals surface area contributed by atoms with Gasteiger partial charge in [-0.15, -0.1) is 0 Å². The predicted molar refractivity (Wildman–Crippen MR) is 68.0 cm³/mol. The van der Waals surface area contributed by atoms with E-state index in [1.54, 1.807) is 0 Å². The van der Waals surface area contributed by atoms with E-state index in [4.69, 9.17) is 5.73 Å². The summed E-state index contributed by atoms with van der Waals surface area (Å²) in [4.78, 5) is 0. The van der Waals surface area contributed by atoms with Crippen molar-refractivity contribution in [2.75, 3.05) is 0 Å². The van der Waals surface area contributed by atoms with E-state index in [0.717, 1.165) is 24.3 Å². The summed E-state index contributed by atoms with van der Waals surface area (Å²) in [6, 6.07) is 6.63. The van der Waals surface area contributed by atoms with Crippen LogP contribution in [0.3, 0.4) is 0 Å². The third-order valence-corrected chi connectivity index (χ3v) is 3.11. The summed E-state index contributed by atoms with van der Waals surface area (Å²) in [5, 5.41) is 0. The third-order valence-electron chi connectivity index (χ3n) is 3.11. The lowest BCUT2D eigenvalue weighted by Crippen LogP contribution is -2.36. The van der Waals surface area contributed by atoms with Gasteiger partial charge in [0, 0.05) is 11.6 Å². The molecule has 2 rings (SSSR count). The van der Waals surface area contributed by atoms with Crippen LogP contribution in [-0.2, 0) is 12.0 Å². The summed E-state index contributed by atoms with van der Waals surface area (Å²) in [6.45, 7) is 1.51. The largest absolute Gasteiger partial charge is 0.321 e. The summed E-state index contributed by atoms with van der Waals surface area (Å²) in [5.41, 5.74) is 5.01. The third kappa shape index (κ3) is 2.99. The van der Waals surface area contributed by atoms with E-state index in [2.05, 4.69) is 0 Å². The Bertz CT molecular complexity index is 618. The van der Waals surface area contributed by atoms with E-state index >= 15 is 0 Å². The Kier molecular flexibility index (Phi) is 3.81. The Morgan fingerprint density at radius 2 is 1.60 bits per heavy atom. The zero-order chi connectivity index (χ0) is 14.9. The van der Waals surface area contributed by atoms with Crippen molar-refractivity contribution in [2.45, 2.75) is 18.9 Å². The van der Waals surface area contributed by atoms with E-state index in [9.17, 15) is 17.6 Å². The van der Waals surface area contributed by atoms with Crippen LogP contribution >= 0.6 is 0 Å². The van der Waals surface area contributed by atoms with E-state index in [0.29, 0.717) is 0 Å². The maximum Gasteiger partial charge on any atom is 0.162 e.